The molecule has 0 saturated heterocycles. The molecule has 0 fully saturated rings. The fraction of sp³-hybridized carbons (Fsp3) is 0.118. The third-order valence-corrected chi connectivity index (χ3v) is 4.33. The Morgan fingerprint density at radius 1 is 1.15 bits per heavy atom. The summed E-state index contributed by atoms with van der Waals surface area (Å²) in [5.41, 5.74) is -0.146. The van der Waals surface area contributed by atoms with Gasteiger partial charge in [0.25, 0.3) is 5.22 Å². The third-order valence-electron chi connectivity index (χ3n) is 3.28. The number of aromatic nitrogens is 2. The van der Waals surface area contributed by atoms with Gasteiger partial charge in [-0.05, 0) is 36.4 Å². The summed E-state index contributed by atoms with van der Waals surface area (Å²) in [4.78, 5) is 11.9. The van der Waals surface area contributed by atoms with E-state index in [1.54, 1.807) is 24.3 Å². The number of anilines is 1. The maximum Gasteiger partial charge on any atom is 0.416 e. The molecule has 1 N–H and O–H groups in total. The molecular weight excluding hydrogens is 403 g/mol. The minimum absolute atomic E-state index is 0.0561. The smallest absolute Gasteiger partial charge is 0.411 e. The molecule has 1 amide bonds. The predicted molar refractivity (Wildman–Crippen MR) is 95.5 cm³/mol. The fourth-order valence-corrected chi connectivity index (χ4v) is 2.86. The van der Waals surface area contributed by atoms with Gasteiger partial charge in [-0.1, -0.05) is 35.5 Å². The number of nitrogens with one attached hydrogen (secondary N) is 1. The number of hydrogen-bond donors (Lipinski definition) is 1. The molecule has 0 aliphatic rings. The van der Waals surface area contributed by atoms with Crippen LogP contribution in [0.15, 0.2) is 58.2 Å². The average molecular weight is 414 g/mol. The van der Waals surface area contributed by atoms with E-state index in [4.69, 9.17) is 16.0 Å². The molecule has 0 atom stereocenters. The standard InChI is InChI=1S/C17H11ClF3N3O2S/c18-12-5-1-3-10(7-12)15-23-24-16(26-15)27-9-14(25)22-13-6-2-4-11(8-13)17(19,20)21/h1-8H,9H2,(H,22,25). The molecule has 2 aromatic carbocycles. The van der Waals surface area contributed by atoms with Gasteiger partial charge in [-0.2, -0.15) is 13.2 Å². The largest absolute Gasteiger partial charge is 0.416 e. The summed E-state index contributed by atoms with van der Waals surface area (Å²) in [6, 6.07) is 11.2. The van der Waals surface area contributed by atoms with Crippen molar-refractivity contribution < 1.29 is 22.4 Å². The Labute approximate surface area is 160 Å². The fourth-order valence-electron chi connectivity index (χ4n) is 2.10. The summed E-state index contributed by atoms with van der Waals surface area (Å²) in [5, 5.41) is 10.8. The van der Waals surface area contributed by atoms with Gasteiger partial charge in [0.15, 0.2) is 0 Å². The Hall–Kier alpha value is -2.52. The number of thioether (sulfide) groups is 1. The molecule has 0 aliphatic carbocycles. The van der Waals surface area contributed by atoms with Crippen LogP contribution in [0.3, 0.4) is 0 Å². The van der Waals surface area contributed by atoms with Crippen LogP contribution in [-0.2, 0) is 11.0 Å². The van der Waals surface area contributed by atoms with E-state index >= 15 is 0 Å². The Morgan fingerprint density at radius 3 is 2.67 bits per heavy atom. The highest BCUT2D eigenvalue weighted by atomic mass is 35.5. The first-order chi connectivity index (χ1) is 12.8. The molecule has 27 heavy (non-hydrogen) atoms. The Balaban J connectivity index is 1.59. The van der Waals surface area contributed by atoms with Crippen LogP contribution in [0.2, 0.25) is 5.02 Å². The van der Waals surface area contributed by atoms with Crippen LogP contribution in [0.4, 0.5) is 18.9 Å². The zero-order chi connectivity index (χ0) is 19.4. The second kappa shape index (κ2) is 8.01. The van der Waals surface area contributed by atoms with Crippen molar-refractivity contribution in [1.29, 1.82) is 0 Å². The van der Waals surface area contributed by atoms with Crippen LogP contribution >= 0.6 is 23.4 Å². The van der Waals surface area contributed by atoms with E-state index in [0.29, 0.717) is 10.6 Å². The van der Waals surface area contributed by atoms with E-state index in [1.807, 2.05) is 0 Å². The average Bonchev–Trinajstić information content (AvgIpc) is 3.09. The van der Waals surface area contributed by atoms with Gasteiger partial charge in [-0.25, -0.2) is 0 Å². The normalized spacial score (nSPS) is 11.4. The highest BCUT2D eigenvalue weighted by molar-refractivity contribution is 7.99. The third kappa shape index (κ3) is 5.24. The quantitative estimate of drug-likeness (QED) is 0.586. The molecule has 140 valence electrons. The van der Waals surface area contributed by atoms with Crippen molar-refractivity contribution in [2.75, 3.05) is 11.1 Å². The lowest BCUT2D eigenvalue weighted by atomic mass is 10.2. The second-order valence-electron chi connectivity index (χ2n) is 5.30. The Bertz CT molecular complexity index is 962. The summed E-state index contributed by atoms with van der Waals surface area (Å²) in [6.07, 6.45) is -4.48. The van der Waals surface area contributed by atoms with Crippen molar-refractivity contribution in [1.82, 2.24) is 10.2 Å². The molecule has 0 unspecified atom stereocenters. The van der Waals surface area contributed by atoms with Crippen molar-refractivity contribution in [3.63, 3.8) is 0 Å². The summed E-state index contributed by atoms with van der Waals surface area (Å²) in [6.45, 7) is 0. The molecule has 0 saturated carbocycles. The highest BCUT2D eigenvalue weighted by Crippen LogP contribution is 2.31. The minimum atomic E-state index is -4.48. The number of rotatable bonds is 5. The van der Waals surface area contributed by atoms with Crippen molar-refractivity contribution in [2.24, 2.45) is 0 Å². The van der Waals surface area contributed by atoms with Gasteiger partial charge in [0, 0.05) is 16.3 Å². The van der Waals surface area contributed by atoms with E-state index in [-0.39, 0.29) is 22.6 Å². The summed E-state index contributed by atoms with van der Waals surface area (Å²) < 4.78 is 43.5. The first kappa shape index (κ1) is 19.2. The maximum atomic E-state index is 12.7. The van der Waals surface area contributed by atoms with Crippen LogP contribution in [0.1, 0.15) is 5.56 Å². The van der Waals surface area contributed by atoms with E-state index in [1.165, 1.54) is 12.1 Å². The monoisotopic (exact) mass is 413 g/mol. The number of halogens is 4. The van der Waals surface area contributed by atoms with E-state index in [0.717, 1.165) is 23.9 Å². The number of benzene rings is 2. The van der Waals surface area contributed by atoms with Gasteiger partial charge < -0.3 is 9.73 Å². The summed E-state index contributed by atoms with van der Waals surface area (Å²) in [5.74, 6) is -0.354. The molecule has 1 aromatic heterocycles. The van der Waals surface area contributed by atoms with Gasteiger partial charge in [-0.3, -0.25) is 4.79 Å². The molecule has 3 rings (SSSR count). The molecule has 0 spiro atoms. The van der Waals surface area contributed by atoms with Gasteiger partial charge in [0.2, 0.25) is 11.8 Å². The number of carbonyl (C=O) groups excluding carboxylic acids is 1. The van der Waals surface area contributed by atoms with Crippen molar-refractivity contribution >= 4 is 35.0 Å². The van der Waals surface area contributed by atoms with Crippen molar-refractivity contribution in [2.45, 2.75) is 11.4 Å². The molecule has 0 aliphatic heterocycles. The van der Waals surface area contributed by atoms with Crippen molar-refractivity contribution in [3.8, 4) is 11.5 Å². The van der Waals surface area contributed by atoms with Crippen LogP contribution in [-0.4, -0.2) is 21.9 Å². The topological polar surface area (TPSA) is 68.0 Å². The number of nitrogens with zero attached hydrogens (tertiary/aromatic N) is 2. The van der Waals surface area contributed by atoms with E-state index < -0.39 is 17.6 Å². The number of alkyl halides is 3. The van der Waals surface area contributed by atoms with Crippen LogP contribution in [0, 0.1) is 0 Å². The van der Waals surface area contributed by atoms with Crippen LogP contribution < -0.4 is 5.32 Å². The van der Waals surface area contributed by atoms with Gasteiger partial charge in [0.1, 0.15) is 0 Å². The Morgan fingerprint density at radius 2 is 1.93 bits per heavy atom. The lowest BCUT2D eigenvalue weighted by Crippen LogP contribution is -2.15. The van der Waals surface area contributed by atoms with E-state index in [2.05, 4.69) is 15.5 Å². The molecule has 1 heterocycles. The summed E-state index contributed by atoms with van der Waals surface area (Å²) in [7, 11) is 0. The zero-order valence-corrected chi connectivity index (χ0v) is 15.0. The molecular formula is C17H11ClF3N3O2S. The number of hydrogen-bond acceptors (Lipinski definition) is 5. The minimum Gasteiger partial charge on any atom is -0.411 e. The number of carbonyl (C=O) groups is 1. The molecule has 0 radical (unpaired) electrons. The molecule has 3 aromatic rings. The predicted octanol–water partition coefficient (Wildman–Crippen LogP) is 5.14. The first-order valence-corrected chi connectivity index (χ1v) is 8.87. The molecule has 0 bridgehead atoms. The lowest BCUT2D eigenvalue weighted by Gasteiger charge is -2.09. The molecule has 5 nitrogen and oxygen atoms in total. The van der Waals surface area contributed by atoms with E-state index in [9.17, 15) is 18.0 Å². The van der Waals surface area contributed by atoms with Gasteiger partial charge in [-0.15, -0.1) is 10.2 Å². The van der Waals surface area contributed by atoms with Crippen molar-refractivity contribution in [3.05, 3.63) is 59.1 Å². The first-order valence-electron chi connectivity index (χ1n) is 7.50. The Kier molecular flexibility index (Phi) is 5.71. The highest BCUT2D eigenvalue weighted by Gasteiger charge is 2.30. The summed E-state index contributed by atoms with van der Waals surface area (Å²) >= 11 is 6.87. The van der Waals surface area contributed by atoms with Crippen LogP contribution in [0.5, 0.6) is 0 Å². The van der Waals surface area contributed by atoms with Gasteiger partial charge in [0.05, 0.1) is 11.3 Å². The zero-order valence-electron chi connectivity index (χ0n) is 13.5. The number of amides is 1. The van der Waals surface area contributed by atoms with Gasteiger partial charge >= 0.3 is 6.18 Å². The maximum absolute atomic E-state index is 12.7. The second-order valence-corrected chi connectivity index (χ2v) is 6.66. The van der Waals surface area contributed by atoms with Crippen LogP contribution in [0.25, 0.3) is 11.5 Å². The SMILES string of the molecule is O=C(CSc1nnc(-c2cccc(Cl)c2)o1)Nc1cccc(C(F)(F)F)c1. The lowest BCUT2D eigenvalue weighted by molar-refractivity contribution is -0.137. The molecule has 10 heteroatoms.